The van der Waals surface area contributed by atoms with Gasteiger partial charge in [-0.3, -0.25) is 0 Å². The zero-order valence-corrected chi connectivity index (χ0v) is 23.3. The van der Waals surface area contributed by atoms with Gasteiger partial charge in [-0.25, -0.2) is 9.78 Å². The normalized spacial score (nSPS) is 14.1. The molecule has 4 aromatic rings. The number of ether oxygens (including phenoxy) is 2. The van der Waals surface area contributed by atoms with Gasteiger partial charge in [0.1, 0.15) is 11.6 Å². The third kappa shape index (κ3) is 6.25. The fraction of sp³-hybridized carbons (Fsp3) is 0.353. The molecule has 5 nitrogen and oxygen atoms in total. The fourth-order valence-corrected chi connectivity index (χ4v) is 5.82. The van der Waals surface area contributed by atoms with E-state index in [4.69, 9.17) is 14.5 Å². The SMILES string of the molecule is COC(=O)c1ccc2c(N(Cc3ccc(-c4ccc(OC)c(C)c4)cc3)CC3CCCCCC3)nccc2c1. The van der Waals surface area contributed by atoms with Crippen molar-refractivity contribution < 1.29 is 14.3 Å². The zero-order chi connectivity index (χ0) is 27.2. The van der Waals surface area contributed by atoms with Crippen LogP contribution in [0, 0.1) is 12.8 Å². The van der Waals surface area contributed by atoms with Crippen LogP contribution in [0.4, 0.5) is 5.82 Å². The van der Waals surface area contributed by atoms with Crippen LogP contribution < -0.4 is 9.64 Å². The van der Waals surface area contributed by atoms with Gasteiger partial charge in [0.25, 0.3) is 0 Å². The van der Waals surface area contributed by atoms with Crippen molar-refractivity contribution in [2.24, 2.45) is 5.92 Å². The minimum atomic E-state index is -0.322. The molecule has 0 saturated heterocycles. The van der Waals surface area contributed by atoms with E-state index in [0.29, 0.717) is 11.5 Å². The Labute approximate surface area is 231 Å². The summed E-state index contributed by atoms with van der Waals surface area (Å²) in [6, 6.07) is 22.9. The lowest BCUT2D eigenvalue weighted by atomic mass is 9.98. The maximum Gasteiger partial charge on any atom is 0.337 e. The summed E-state index contributed by atoms with van der Waals surface area (Å²) in [7, 11) is 3.13. The Bertz CT molecular complexity index is 1420. The number of fused-ring (bicyclic) bond motifs is 1. The molecule has 0 spiro atoms. The molecule has 0 radical (unpaired) electrons. The summed E-state index contributed by atoms with van der Waals surface area (Å²) in [5.74, 6) is 2.21. The second-order valence-corrected chi connectivity index (χ2v) is 10.7. The first kappa shape index (κ1) is 26.7. The Hall–Kier alpha value is -3.86. The van der Waals surface area contributed by atoms with Gasteiger partial charge in [0, 0.05) is 24.7 Å². The Morgan fingerprint density at radius 3 is 2.33 bits per heavy atom. The van der Waals surface area contributed by atoms with Crippen molar-refractivity contribution in [3.8, 4) is 16.9 Å². The summed E-state index contributed by atoms with van der Waals surface area (Å²) in [5, 5.41) is 2.06. The smallest absolute Gasteiger partial charge is 0.337 e. The van der Waals surface area contributed by atoms with Gasteiger partial charge in [-0.1, -0.05) is 56.0 Å². The third-order valence-electron chi connectivity index (χ3n) is 7.97. The largest absolute Gasteiger partial charge is 0.496 e. The maximum atomic E-state index is 12.1. The number of rotatable bonds is 8. The summed E-state index contributed by atoms with van der Waals surface area (Å²) in [5.41, 5.74) is 5.32. The summed E-state index contributed by atoms with van der Waals surface area (Å²) in [6.45, 7) is 3.83. The minimum absolute atomic E-state index is 0.322. The first-order valence-electron chi connectivity index (χ1n) is 14.0. The number of pyridine rings is 1. The predicted molar refractivity (Wildman–Crippen MR) is 158 cm³/mol. The number of anilines is 1. The molecule has 1 aliphatic rings. The zero-order valence-electron chi connectivity index (χ0n) is 23.3. The van der Waals surface area contributed by atoms with Crippen molar-refractivity contribution in [3.05, 3.63) is 89.6 Å². The monoisotopic (exact) mass is 522 g/mol. The number of aryl methyl sites for hydroxylation is 1. The average Bonchev–Trinajstić information content (AvgIpc) is 3.25. The molecule has 0 aliphatic heterocycles. The number of carbonyl (C=O) groups is 1. The van der Waals surface area contributed by atoms with Crippen LogP contribution in [-0.2, 0) is 11.3 Å². The number of aromatic nitrogens is 1. The molecule has 1 saturated carbocycles. The lowest BCUT2D eigenvalue weighted by molar-refractivity contribution is 0.0601. The molecule has 0 amide bonds. The lowest BCUT2D eigenvalue weighted by Gasteiger charge is -2.29. The summed E-state index contributed by atoms with van der Waals surface area (Å²) in [6.07, 6.45) is 9.68. The van der Waals surface area contributed by atoms with E-state index in [-0.39, 0.29) is 5.97 Å². The van der Waals surface area contributed by atoms with E-state index in [1.165, 1.54) is 62.3 Å². The molecule has 5 rings (SSSR count). The predicted octanol–water partition coefficient (Wildman–Crippen LogP) is 7.98. The molecular formula is C34H38N2O3. The number of hydrogen-bond donors (Lipinski definition) is 0. The molecule has 0 unspecified atom stereocenters. The van der Waals surface area contributed by atoms with E-state index < -0.39 is 0 Å². The van der Waals surface area contributed by atoms with Gasteiger partial charge >= 0.3 is 5.97 Å². The van der Waals surface area contributed by atoms with Gasteiger partial charge in [0.2, 0.25) is 0 Å². The van der Waals surface area contributed by atoms with Crippen molar-refractivity contribution in [1.82, 2.24) is 4.98 Å². The molecule has 0 N–H and O–H groups in total. The van der Waals surface area contributed by atoms with Gasteiger partial charge in [-0.2, -0.15) is 0 Å². The highest BCUT2D eigenvalue weighted by Gasteiger charge is 2.20. The van der Waals surface area contributed by atoms with E-state index >= 15 is 0 Å². The maximum absolute atomic E-state index is 12.1. The van der Waals surface area contributed by atoms with E-state index in [0.717, 1.165) is 41.0 Å². The topological polar surface area (TPSA) is 51.7 Å². The first-order valence-corrected chi connectivity index (χ1v) is 14.0. The van der Waals surface area contributed by atoms with E-state index in [1.807, 2.05) is 36.5 Å². The molecule has 5 heteroatoms. The van der Waals surface area contributed by atoms with Crippen molar-refractivity contribution in [1.29, 1.82) is 0 Å². The van der Waals surface area contributed by atoms with Crippen molar-refractivity contribution >= 4 is 22.6 Å². The summed E-state index contributed by atoms with van der Waals surface area (Å²) >= 11 is 0. The fourth-order valence-electron chi connectivity index (χ4n) is 5.82. The first-order chi connectivity index (χ1) is 19.1. The van der Waals surface area contributed by atoms with Crippen LogP contribution in [-0.4, -0.2) is 31.7 Å². The lowest BCUT2D eigenvalue weighted by Crippen LogP contribution is -2.30. The van der Waals surface area contributed by atoms with Gasteiger partial charge in [-0.15, -0.1) is 0 Å². The summed E-state index contributed by atoms with van der Waals surface area (Å²) < 4.78 is 10.4. The van der Waals surface area contributed by atoms with E-state index in [2.05, 4.69) is 48.2 Å². The molecule has 1 heterocycles. The highest BCUT2D eigenvalue weighted by Crippen LogP contribution is 2.32. The third-order valence-corrected chi connectivity index (χ3v) is 7.97. The molecule has 0 atom stereocenters. The average molecular weight is 523 g/mol. The molecule has 0 bridgehead atoms. The van der Waals surface area contributed by atoms with Crippen LogP contribution in [0.1, 0.15) is 60.0 Å². The molecule has 1 aliphatic carbocycles. The molecule has 202 valence electrons. The highest BCUT2D eigenvalue weighted by atomic mass is 16.5. The van der Waals surface area contributed by atoms with Crippen LogP contribution in [0.15, 0.2) is 72.9 Å². The van der Waals surface area contributed by atoms with Gasteiger partial charge in [0.15, 0.2) is 0 Å². The molecule has 39 heavy (non-hydrogen) atoms. The second kappa shape index (κ2) is 12.3. The van der Waals surface area contributed by atoms with Crippen LogP contribution in [0.2, 0.25) is 0 Å². The van der Waals surface area contributed by atoms with Crippen molar-refractivity contribution in [3.63, 3.8) is 0 Å². The van der Waals surface area contributed by atoms with Gasteiger partial charge in [0.05, 0.1) is 19.8 Å². The molecule has 1 aromatic heterocycles. The Morgan fingerprint density at radius 2 is 1.64 bits per heavy atom. The van der Waals surface area contributed by atoms with Gasteiger partial charge < -0.3 is 14.4 Å². The van der Waals surface area contributed by atoms with Crippen molar-refractivity contribution in [2.75, 3.05) is 25.7 Å². The molecule has 3 aromatic carbocycles. The number of benzene rings is 3. The minimum Gasteiger partial charge on any atom is -0.496 e. The number of nitrogens with zero attached hydrogens (tertiary/aromatic N) is 2. The van der Waals surface area contributed by atoms with Crippen LogP contribution in [0.3, 0.4) is 0 Å². The second-order valence-electron chi connectivity index (χ2n) is 10.7. The van der Waals surface area contributed by atoms with Crippen molar-refractivity contribution in [2.45, 2.75) is 52.0 Å². The standard InChI is InChI=1S/C34H38N2O3/c1-24-20-28(15-17-32(24)38-2)27-12-10-26(11-13-27)23-36(22-25-8-6-4-5-7-9-25)33-31-16-14-30(34(37)39-3)21-29(31)18-19-35-33/h10-21,25H,4-9,22-23H2,1-3H3. The van der Waals surface area contributed by atoms with E-state index in [9.17, 15) is 4.79 Å². The highest BCUT2D eigenvalue weighted by molar-refractivity contribution is 5.98. The van der Waals surface area contributed by atoms with Crippen LogP contribution in [0.5, 0.6) is 5.75 Å². The number of esters is 1. The quantitative estimate of drug-likeness (QED) is 0.173. The number of hydrogen-bond acceptors (Lipinski definition) is 5. The molecular weight excluding hydrogens is 484 g/mol. The summed E-state index contributed by atoms with van der Waals surface area (Å²) in [4.78, 5) is 19.5. The van der Waals surface area contributed by atoms with Crippen LogP contribution >= 0.6 is 0 Å². The van der Waals surface area contributed by atoms with Gasteiger partial charge in [-0.05, 0) is 89.7 Å². The Kier molecular flexibility index (Phi) is 8.45. The van der Waals surface area contributed by atoms with Crippen LogP contribution in [0.25, 0.3) is 21.9 Å². The molecule has 1 fully saturated rings. The number of carbonyl (C=O) groups excluding carboxylic acids is 1. The van der Waals surface area contributed by atoms with E-state index in [1.54, 1.807) is 7.11 Å². The number of methoxy groups -OCH3 is 2. The Balaban J connectivity index is 1.45. The Morgan fingerprint density at radius 1 is 0.897 bits per heavy atom.